The molecule has 0 aliphatic carbocycles. The molecule has 0 bridgehead atoms. The molecular weight excluding hydrogens is 200 g/mol. The number of hydrogen-bond acceptors (Lipinski definition) is 1. The molecule has 2 heteroatoms. The molecule has 2 nitrogen and oxygen atoms in total. The molecule has 0 heterocycles. The third-order valence-corrected chi connectivity index (χ3v) is 2.84. The molecule has 0 amide bonds. The average molecular weight is 218 g/mol. The quantitative estimate of drug-likeness (QED) is 0.785. The van der Waals surface area contributed by atoms with E-state index in [0.29, 0.717) is 5.57 Å². The predicted molar refractivity (Wildman–Crippen MR) is 66.3 cm³/mol. The summed E-state index contributed by atoms with van der Waals surface area (Å²) in [7, 11) is 0. The number of carbonyl (C=O) groups is 1. The van der Waals surface area contributed by atoms with E-state index in [9.17, 15) is 4.79 Å². The van der Waals surface area contributed by atoms with Gasteiger partial charge in [0.05, 0.1) is 0 Å². The van der Waals surface area contributed by atoms with Gasteiger partial charge in [-0.15, -0.1) is 0 Å². The van der Waals surface area contributed by atoms with Crippen molar-refractivity contribution in [2.45, 2.75) is 33.6 Å². The highest BCUT2D eigenvalue weighted by atomic mass is 16.4. The van der Waals surface area contributed by atoms with Crippen LogP contribution in [0.15, 0.2) is 29.8 Å². The Balaban J connectivity index is 3.14. The topological polar surface area (TPSA) is 37.3 Å². The number of hydrogen-bond donors (Lipinski definition) is 1. The van der Waals surface area contributed by atoms with Gasteiger partial charge in [0.15, 0.2) is 0 Å². The Bertz CT molecular complexity index is 399. The first-order valence-corrected chi connectivity index (χ1v) is 5.62. The van der Waals surface area contributed by atoms with Crippen LogP contribution in [0.25, 0.3) is 5.57 Å². The number of allylic oxidation sites excluding steroid dienone is 1. The molecule has 16 heavy (non-hydrogen) atoms. The van der Waals surface area contributed by atoms with Gasteiger partial charge in [-0.05, 0) is 36.5 Å². The molecule has 0 fully saturated rings. The van der Waals surface area contributed by atoms with Gasteiger partial charge >= 0.3 is 5.97 Å². The number of benzene rings is 1. The molecule has 0 saturated carbocycles. The maximum Gasteiger partial charge on any atom is 0.331 e. The van der Waals surface area contributed by atoms with Crippen LogP contribution in [0, 0.1) is 0 Å². The lowest BCUT2D eigenvalue weighted by Crippen LogP contribution is -2.00. The Kier molecular flexibility index (Phi) is 4.29. The third-order valence-electron chi connectivity index (χ3n) is 2.84. The summed E-state index contributed by atoms with van der Waals surface area (Å²) in [6.45, 7) is 5.75. The minimum atomic E-state index is -0.837. The van der Waals surface area contributed by atoms with Crippen molar-refractivity contribution < 1.29 is 9.90 Å². The molecule has 0 radical (unpaired) electrons. The lowest BCUT2D eigenvalue weighted by molar-refractivity contribution is -0.132. The standard InChI is InChI=1S/C14H18O2/c1-4-11-6-8-12(9-7-11)13(5-2)10(3)14(15)16/h6-9H,4-5H2,1-3H3,(H,15,16). The smallest absolute Gasteiger partial charge is 0.331 e. The lowest BCUT2D eigenvalue weighted by Gasteiger charge is -2.08. The van der Waals surface area contributed by atoms with Crippen LogP contribution >= 0.6 is 0 Å². The summed E-state index contributed by atoms with van der Waals surface area (Å²) >= 11 is 0. The maximum atomic E-state index is 10.9. The molecule has 1 rings (SSSR count). The third kappa shape index (κ3) is 2.72. The van der Waals surface area contributed by atoms with Crippen molar-refractivity contribution in [3.63, 3.8) is 0 Å². The van der Waals surface area contributed by atoms with Gasteiger partial charge in [0, 0.05) is 5.57 Å². The summed E-state index contributed by atoms with van der Waals surface area (Å²) in [5.41, 5.74) is 3.63. The van der Waals surface area contributed by atoms with E-state index in [4.69, 9.17) is 5.11 Å². The van der Waals surface area contributed by atoms with Crippen LogP contribution in [-0.4, -0.2) is 11.1 Å². The lowest BCUT2D eigenvalue weighted by atomic mass is 9.97. The van der Waals surface area contributed by atoms with Crippen molar-refractivity contribution in [2.24, 2.45) is 0 Å². The molecule has 0 saturated heterocycles. The molecule has 0 unspecified atom stereocenters. The zero-order chi connectivity index (χ0) is 12.1. The van der Waals surface area contributed by atoms with E-state index < -0.39 is 5.97 Å². The SMILES string of the molecule is CCC(=C(C)C(=O)O)c1ccc(CC)cc1. The first kappa shape index (κ1) is 12.5. The number of aliphatic carboxylic acids is 1. The maximum absolute atomic E-state index is 10.9. The van der Waals surface area contributed by atoms with Crippen LogP contribution < -0.4 is 0 Å². The number of carboxylic acids is 1. The fourth-order valence-corrected chi connectivity index (χ4v) is 1.76. The number of aryl methyl sites for hydroxylation is 1. The summed E-state index contributed by atoms with van der Waals surface area (Å²) < 4.78 is 0. The molecule has 0 aromatic heterocycles. The largest absolute Gasteiger partial charge is 0.478 e. The van der Waals surface area contributed by atoms with Crippen molar-refractivity contribution >= 4 is 11.5 Å². The van der Waals surface area contributed by atoms with Gasteiger partial charge in [0.25, 0.3) is 0 Å². The second-order valence-electron chi connectivity index (χ2n) is 3.81. The zero-order valence-corrected chi connectivity index (χ0v) is 10.1. The van der Waals surface area contributed by atoms with Crippen molar-refractivity contribution in [1.29, 1.82) is 0 Å². The van der Waals surface area contributed by atoms with E-state index in [1.807, 2.05) is 19.1 Å². The monoisotopic (exact) mass is 218 g/mol. The van der Waals surface area contributed by atoms with E-state index in [0.717, 1.165) is 24.0 Å². The van der Waals surface area contributed by atoms with E-state index in [1.54, 1.807) is 6.92 Å². The van der Waals surface area contributed by atoms with Crippen molar-refractivity contribution in [2.75, 3.05) is 0 Å². The highest BCUT2D eigenvalue weighted by molar-refractivity contribution is 5.95. The minimum absolute atomic E-state index is 0.437. The van der Waals surface area contributed by atoms with Gasteiger partial charge in [-0.25, -0.2) is 4.79 Å². The van der Waals surface area contributed by atoms with Gasteiger partial charge in [-0.2, -0.15) is 0 Å². The molecular formula is C14H18O2. The van der Waals surface area contributed by atoms with E-state index in [1.165, 1.54) is 5.56 Å². The van der Waals surface area contributed by atoms with Crippen molar-refractivity contribution in [3.8, 4) is 0 Å². The number of carboxylic acid groups (broad SMARTS) is 1. The van der Waals surface area contributed by atoms with Crippen LogP contribution in [-0.2, 0) is 11.2 Å². The Morgan fingerprint density at radius 1 is 1.19 bits per heavy atom. The minimum Gasteiger partial charge on any atom is -0.478 e. The van der Waals surface area contributed by atoms with E-state index >= 15 is 0 Å². The van der Waals surface area contributed by atoms with Gasteiger partial charge in [-0.3, -0.25) is 0 Å². The normalized spacial score (nSPS) is 12.2. The molecule has 0 aliphatic heterocycles. The van der Waals surface area contributed by atoms with E-state index in [-0.39, 0.29) is 0 Å². The van der Waals surface area contributed by atoms with Crippen LogP contribution in [0.1, 0.15) is 38.3 Å². The van der Waals surface area contributed by atoms with Gasteiger partial charge in [0.2, 0.25) is 0 Å². The van der Waals surface area contributed by atoms with Gasteiger partial charge in [-0.1, -0.05) is 38.1 Å². The summed E-state index contributed by atoms with van der Waals surface area (Å²) in [4.78, 5) is 10.9. The van der Waals surface area contributed by atoms with Gasteiger partial charge in [0.1, 0.15) is 0 Å². The van der Waals surface area contributed by atoms with Gasteiger partial charge < -0.3 is 5.11 Å². The fraction of sp³-hybridized carbons (Fsp3) is 0.357. The zero-order valence-electron chi connectivity index (χ0n) is 10.1. The average Bonchev–Trinajstić information content (AvgIpc) is 2.30. The summed E-state index contributed by atoms with van der Waals surface area (Å²) in [5.74, 6) is -0.837. The van der Waals surface area contributed by atoms with Crippen molar-refractivity contribution in [3.05, 3.63) is 41.0 Å². The highest BCUT2D eigenvalue weighted by Crippen LogP contribution is 2.22. The van der Waals surface area contributed by atoms with Crippen molar-refractivity contribution in [1.82, 2.24) is 0 Å². The molecule has 0 spiro atoms. The Labute approximate surface area is 96.6 Å². The molecule has 1 N–H and O–H groups in total. The molecule has 86 valence electrons. The van der Waals surface area contributed by atoms with Crippen LogP contribution in [0.3, 0.4) is 0 Å². The Morgan fingerprint density at radius 2 is 1.75 bits per heavy atom. The second kappa shape index (κ2) is 5.50. The summed E-state index contributed by atoms with van der Waals surface area (Å²) in [6, 6.07) is 8.12. The molecule has 1 aromatic carbocycles. The summed E-state index contributed by atoms with van der Waals surface area (Å²) in [5, 5.41) is 8.99. The predicted octanol–water partition coefficient (Wildman–Crippen LogP) is 3.52. The summed E-state index contributed by atoms with van der Waals surface area (Å²) in [6.07, 6.45) is 1.74. The molecule has 0 aliphatic rings. The highest BCUT2D eigenvalue weighted by Gasteiger charge is 2.09. The number of rotatable bonds is 4. The van der Waals surface area contributed by atoms with E-state index in [2.05, 4.69) is 19.1 Å². The second-order valence-corrected chi connectivity index (χ2v) is 3.81. The Morgan fingerprint density at radius 3 is 2.12 bits per heavy atom. The van der Waals surface area contributed by atoms with Crippen LogP contribution in [0.2, 0.25) is 0 Å². The van der Waals surface area contributed by atoms with Crippen LogP contribution in [0.4, 0.5) is 0 Å². The first-order chi connectivity index (χ1) is 7.60. The molecule has 1 aromatic rings. The first-order valence-electron chi connectivity index (χ1n) is 5.62. The Hall–Kier alpha value is -1.57. The van der Waals surface area contributed by atoms with Crippen LogP contribution in [0.5, 0.6) is 0 Å². The molecule has 0 atom stereocenters. The fourth-order valence-electron chi connectivity index (χ4n) is 1.76.